The van der Waals surface area contributed by atoms with Crippen molar-refractivity contribution in [2.24, 2.45) is 0 Å². The molecular weight excluding hydrogens is 410 g/mol. The Morgan fingerprint density at radius 1 is 1.10 bits per heavy atom. The third kappa shape index (κ3) is 3.08. The highest BCUT2D eigenvalue weighted by Gasteiger charge is 2.66. The molecule has 31 heavy (non-hydrogen) atoms. The lowest BCUT2D eigenvalue weighted by atomic mass is 9.65. The van der Waals surface area contributed by atoms with Crippen LogP contribution in [-0.2, 0) is 15.1 Å². The minimum Gasteiger partial charge on any atom is -0.484 e. The molecule has 5 nitrogen and oxygen atoms in total. The van der Waals surface area contributed by atoms with Crippen LogP contribution in [0.5, 0.6) is 17.2 Å². The quantitative estimate of drug-likeness (QED) is 0.697. The average Bonchev–Trinajstić information content (AvgIpc) is 3.03. The molecule has 2 heterocycles. The average molecular weight is 436 g/mol. The van der Waals surface area contributed by atoms with Crippen molar-refractivity contribution in [3.05, 3.63) is 65.7 Å². The first-order valence-electron chi connectivity index (χ1n) is 10.6. The lowest BCUT2D eigenvalue weighted by Gasteiger charge is -2.48. The minimum absolute atomic E-state index is 0.0231. The fraction of sp³-hybridized carbons (Fsp3) is 0.360. The number of methoxy groups -OCH3 is 1. The van der Waals surface area contributed by atoms with Crippen molar-refractivity contribution in [1.29, 1.82) is 0 Å². The van der Waals surface area contributed by atoms with E-state index in [0.29, 0.717) is 29.3 Å². The Morgan fingerprint density at radius 2 is 1.84 bits per heavy atom. The minimum atomic E-state index is -1.06. The van der Waals surface area contributed by atoms with E-state index in [0.717, 1.165) is 29.7 Å². The predicted octanol–water partition coefficient (Wildman–Crippen LogP) is 4.84. The van der Waals surface area contributed by atoms with Crippen LogP contribution in [0.15, 0.2) is 60.2 Å². The Kier molecular flexibility index (Phi) is 4.87. The molecule has 1 fully saturated rings. The molecule has 1 saturated carbocycles. The molecule has 2 aromatic carbocycles. The Balaban J connectivity index is 1.61. The summed E-state index contributed by atoms with van der Waals surface area (Å²) in [5.41, 5.74) is -0.216. The van der Waals surface area contributed by atoms with Gasteiger partial charge in [-0.25, -0.2) is 0 Å². The van der Waals surface area contributed by atoms with Gasteiger partial charge in [0.25, 0.3) is 0 Å². The molecule has 1 N–H and O–H groups in total. The normalized spacial score (nSPS) is 29.4. The number of carbonyl (C=O) groups is 1. The van der Waals surface area contributed by atoms with Crippen LogP contribution in [0.2, 0.25) is 0 Å². The highest BCUT2D eigenvalue weighted by Crippen LogP contribution is 2.56. The first kappa shape index (κ1) is 20.2. The molecule has 0 bridgehead atoms. The third-order valence-corrected chi connectivity index (χ3v) is 7.20. The second kappa shape index (κ2) is 7.46. The second-order valence-electron chi connectivity index (χ2n) is 8.50. The van der Waals surface area contributed by atoms with E-state index in [4.69, 9.17) is 26.4 Å². The van der Waals surface area contributed by atoms with E-state index in [1.165, 1.54) is 0 Å². The zero-order valence-corrected chi connectivity index (χ0v) is 18.5. The van der Waals surface area contributed by atoms with Crippen LogP contribution in [0.25, 0.3) is 0 Å². The molecular formula is C25H25NO4S. The van der Waals surface area contributed by atoms with Crippen molar-refractivity contribution in [2.75, 3.05) is 7.11 Å². The zero-order valence-electron chi connectivity index (χ0n) is 17.6. The summed E-state index contributed by atoms with van der Waals surface area (Å²) in [4.78, 5) is 14.3. The van der Waals surface area contributed by atoms with Gasteiger partial charge >= 0.3 is 0 Å². The van der Waals surface area contributed by atoms with Gasteiger partial charge in [-0.15, -0.1) is 0 Å². The van der Waals surface area contributed by atoms with Crippen molar-refractivity contribution in [3.8, 4) is 17.2 Å². The van der Waals surface area contributed by atoms with Crippen molar-refractivity contribution in [3.63, 3.8) is 0 Å². The molecule has 1 aliphatic carbocycles. The highest BCUT2D eigenvalue weighted by atomic mass is 32.1. The molecule has 1 unspecified atom stereocenters. The van der Waals surface area contributed by atoms with Crippen LogP contribution in [0.3, 0.4) is 0 Å². The molecule has 0 aromatic heterocycles. The molecule has 2 aliphatic heterocycles. The van der Waals surface area contributed by atoms with Crippen LogP contribution in [-0.4, -0.2) is 29.6 Å². The number of benzene rings is 2. The van der Waals surface area contributed by atoms with Crippen LogP contribution in [0.1, 0.15) is 38.2 Å². The number of nitrogens with one attached hydrogen (secondary N) is 1. The first-order chi connectivity index (χ1) is 15.0. The topological polar surface area (TPSA) is 56.8 Å². The van der Waals surface area contributed by atoms with Gasteiger partial charge in [-0.2, -0.15) is 0 Å². The van der Waals surface area contributed by atoms with Gasteiger partial charge in [-0.3, -0.25) is 4.79 Å². The largest absolute Gasteiger partial charge is 0.484 e. The summed E-state index contributed by atoms with van der Waals surface area (Å²) in [7, 11) is 1.74. The zero-order chi connectivity index (χ0) is 21.6. The smallest absolute Gasteiger partial charge is 0.190 e. The monoisotopic (exact) mass is 435 g/mol. The molecule has 3 aliphatic rings. The lowest BCUT2D eigenvalue weighted by molar-refractivity contribution is -0.133. The van der Waals surface area contributed by atoms with Gasteiger partial charge in [0.05, 0.1) is 6.10 Å². The molecule has 0 amide bonds. The van der Waals surface area contributed by atoms with E-state index in [1.807, 2.05) is 55.5 Å². The lowest BCUT2D eigenvalue weighted by Crippen LogP contribution is -2.67. The number of ketones is 1. The van der Waals surface area contributed by atoms with Crippen LogP contribution in [0.4, 0.5) is 0 Å². The standard InChI is InChI=1S/C25H25NO4S/c1-16-14-22(27)25(26-23(16)31)20-15-19(29-18-6-4-3-5-7-18)8-9-21(20)30-24(25)12-10-17(28-2)11-13-24/h3-9,14-15,17H,10-13H2,1-2H3,(H,26,31). The number of rotatable bonds is 3. The third-order valence-electron chi connectivity index (χ3n) is 6.77. The Morgan fingerprint density at radius 3 is 2.55 bits per heavy atom. The molecule has 5 rings (SSSR count). The highest BCUT2D eigenvalue weighted by molar-refractivity contribution is 7.80. The maximum atomic E-state index is 13.7. The number of hydrogen-bond donors (Lipinski definition) is 1. The first-order valence-corrected chi connectivity index (χ1v) is 11.0. The van der Waals surface area contributed by atoms with Crippen molar-refractivity contribution < 1.29 is 19.0 Å². The molecule has 1 atom stereocenters. The van der Waals surface area contributed by atoms with Gasteiger partial charge in [-0.05, 0) is 74.6 Å². The van der Waals surface area contributed by atoms with E-state index in [2.05, 4.69) is 5.32 Å². The van der Waals surface area contributed by atoms with Gasteiger partial charge < -0.3 is 19.5 Å². The Hall–Kier alpha value is -2.70. The fourth-order valence-electron chi connectivity index (χ4n) is 5.12. The van der Waals surface area contributed by atoms with E-state index >= 15 is 0 Å². The number of hydrogen-bond acceptors (Lipinski definition) is 5. The number of fused-ring (bicyclic) bond motifs is 3. The van der Waals surface area contributed by atoms with E-state index in [-0.39, 0.29) is 11.9 Å². The van der Waals surface area contributed by atoms with Crippen molar-refractivity contribution in [1.82, 2.24) is 5.32 Å². The van der Waals surface area contributed by atoms with E-state index in [9.17, 15) is 4.79 Å². The summed E-state index contributed by atoms with van der Waals surface area (Å²) in [5, 5.41) is 3.42. The van der Waals surface area contributed by atoms with Crippen molar-refractivity contribution >= 4 is 23.0 Å². The molecule has 6 heteroatoms. The second-order valence-corrected chi connectivity index (χ2v) is 8.91. The number of carbonyl (C=O) groups excluding carboxylic acids is 1. The predicted molar refractivity (Wildman–Crippen MR) is 122 cm³/mol. The van der Waals surface area contributed by atoms with Gasteiger partial charge in [0.1, 0.15) is 27.8 Å². The van der Waals surface area contributed by atoms with Crippen molar-refractivity contribution in [2.45, 2.75) is 49.9 Å². The maximum Gasteiger partial charge on any atom is 0.190 e. The fourth-order valence-corrected chi connectivity index (χ4v) is 5.33. The molecule has 2 spiro atoms. The van der Waals surface area contributed by atoms with Crippen LogP contribution < -0.4 is 14.8 Å². The maximum absolute atomic E-state index is 13.7. The Labute approximate surface area is 187 Å². The summed E-state index contributed by atoms with van der Waals surface area (Å²) in [6.45, 7) is 1.86. The van der Waals surface area contributed by atoms with E-state index in [1.54, 1.807) is 13.2 Å². The van der Waals surface area contributed by atoms with Crippen LogP contribution in [0, 0.1) is 0 Å². The summed E-state index contributed by atoms with van der Waals surface area (Å²) in [6.07, 6.45) is 4.88. The number of thiocarbonyl (C=S) groups is 1. The van der Waals surface area contributed by atoms with E-state index < -0.39 is 11.1 Å². The van der Waals surface area contributed by atoms with Gasteiger partial charge in [-0.1, -0.05) is 30.4 Å². The number of para-hydroxylation sites is 1. The summed E-state index contributed by atoms with van der Waals surface area (Å²) < 4.78 is 18.2. The molecule has 0 radical (unpaired) electrons. The summed E-state index contributed by atoms with van der Waals surface area (Å²) in [6, 6.07) is 15.3. The van der Waals surface area contributed by atoms with Gasteiger partial charge in [0.15, 0.2) is 11.3 Å². The van der Waals surface area contributed by atoms with Gasteiger partial charge in [0, 0.05) is 12.7 Å². The number of ether oxygens (including phenoxy) is 3. The summed E-state index contributed by atoms with van der Waals surface area (Å²) in [5.74, 6) is 2.07. The molecule has 2 aromatic rings. The SMILES string of the molecule is COC1CCC2(CC1)Oc1ccc(Oc3ccccc3)cc1C21NC(=S)C(C)=CC1=O. The molecule has 0 saturated heterocycles. The molecule has 160 valence electrons. The summed E-state index contributed by atoms with van der Waals surface area (Å²) >= 11 is 5.61. The van der Waals surface area contributed by atoms with Gasteiger partial charge in [0.2, 0.25) is 0 Å². The van der Waals surface area contributed by atoms with Crippen LogP contribution >= 0.6 is 12.2 Å². The Bertz CT molecular complexity index is 1070.